The number of hydrogen-bond donors (Lipinski definition) is 1. The molecule has 5 nitrogen and oxygen atoms in total. The van der Waals surface area contributed by atoms with Crippen LogP contribution < -0.4 is 0 Å². The van der Waals surface area contributed by atoms with E-state index in [1.165, 1.54) is 48.1 Å². The smallest absolute Gasteiger partial charge is 0.0715 e. The first-order valence-corrected chi connectivity index (χ1v) is 10.5. The highest BCUT2D eigenvalue weighted by molar-refractivity contribution is 5.81. The summed E-state index contributed by atoms with van der Waals surface area (Å²) in [6, 6.07) is 9.19. The maximum atomic E-state index is 5.93. The van der Waals surface area contributed by atoms with E-state index in [1.807, 2.05) is 6.92 Å². The predicted molar refractivity (Wildman–Crippen MR) is 109 cm³/mol. The molecule has 0 spiro atoms. The van der Waals surface area contributed by atoms with Crippen LogP contribution in [-0.4, -0.2) is 66.9 Å². The zero-order chi connectivity index (χ0) is 18.5. The summed E-state index contributed by atoms with van der Waals surface area (Å²) in [6.07, 6.45) is 4.17. The Morgan fingerprint density at radius 3 is 2.78 bits per heavy atom. The molecule has 0 aliphatic carbocycles. The van der Waals surface area contributed by atoms with Crippen LogP contribution >= 0.6 is 0 Å². The van der Waals surface area contributed by atoms with E-state index in [1.54, 1.807) is 0 Å². The lowest BCUT2D eigenvalue weighted by atomic mass is 10.1. The van der Waals surface area contributed by atoms with Crippen LogP contribution in [0.2, 0.25) is 0 Å². The number of benzene rings is 1. The van der Waals surface area contributed by atoms with Gasteiger partial charge in [0.25, 0.3) is 0 Å². The van der Waals surface area contributed by atoms with Crippen LogP contribution in [-0.2, 0) is 22.6 Å². The van der Waals surface area contributed by atoms with E-state index in [9.17, 15) is 0 Å². The Bertz CT molecular complexity index is 723. The van der Waals surface area contributed by atoms with Crippen LogP contribution in [0, 0.1) is 0 Å². The van der Waals surface area contributed by atoms with Crippen LogP contribution in [0.4, 0.5) is 0 Å². The van der Waals surface area contributed by atoms with Gasteiger partial charge >= 0.3 is 0 Å². The fraction of sp³-hybridized carbons (Fsp3) is 0.636. The number of nitrogens with zero attached hydrogens (tertiary/aromatic N) is 2. The Labute approximate surface area is 162 Å². The lowest BCUT2D eigenvalue weighted by molar-refractivity contribution is 0.0117. The number of H-pyrrole nitrogens is 1. The molecule has 0 saturated carbocycles. The van der Waals surface area contributed by atoms with Gasteiger partial charge in [-0.05, 0) is 63.0 Å². The van der Waals surface area contributed by atoms with Gasteiger partial charge in [0.05, 0.1) is 19.3 Å². The van der Waals surface area contributed by atoms with Crippen molar-refractivity contribution in [3.63, 3.8) is 0 Å². The van der Waals surface area contributed by atoms with Crippen molar-refractivity contribution in [1.82, 2.24) is 14.8 Å². The molecule has 4 rings (SSSR count). The van der Waals surface area contributed by atoms with Crippen molar-refractivity contribution < 1.29 is 9.47 Å². The standard InChI is InChI=1S/C22H33N3O2/c1-2-26-11-12-27-21-7-10-25(17-21)15-18-5-6-22-19(13-18)14-20(23-22)16-24-8-3-4-9-24/h5-6,13-14,21,23H,2-4,7-12,15-17H2,1H3/t21-/m0/s1. The average Bonchev–Trinajstić information content (AvgIpc) is 3.40. The normalized spacial score (nSPS) is 21.6. The molecule has 0 amide bonds. The van der Waals surface area contributed by atoms with E-state index >= 15 is 0 Å². The van der Waals surface area contributed by atoms with Crippen molar-refractivity contribution >= 4 is 10.9 Å². The van der Waals surface area contributed by atoms with Gasteiger partial charge in [-0.15, -0.1) is 0 Å². The third kappa shape index (κ3) is 5.11. The predicted octanol–water partition coefficient (Wildman–Crippen LogP) is 3.39. The van der Waals surface area contributed by atoms with Crippen molar-refractivity contribution in [3.8, 4) is 0 Å². The summed E-state index contributed by atoms with van der Waals surface area (Å²) in [5.74, 6) is 0. The molecule has 1 atom stereocenters. The summed E-state index contributed by atoms with van der Waals surface area (Å²) in [4.78, 5) is 8.64. The molecule has 3 heterocycles. The minimum atomic E-state index is 0.355. The molecule has 0 bridgehead atoms. The molecule has 1 N–H and O–H groups in total. The molecule has 2 aliphatic heterocycles. The molecule has 2 aromatic rings. The number of hydrogen-bond acceptors (Lipinski definition) is 4. The Morgan fingerprint density at radius 1 is 1.04 bits per heavy atom. The molecule has 5 heteroatoms. The first-order valence-electron chi connectivity index (χ1n) is 10.5. The van der Waals surface area contributed by atoms with Crippen LogP contribution in [0.1, 0.15) is 37.4 Å². The SMILES string of the molecule is CCOCCO[C@H]1CCN(Cc2ccc3[nH]c(CN4CCCC4)cc3c2)C1. The minimum Gasteiger partial charge on any atom is -0.379 e. The number of aromatic nitrogens is 1. The van der Waals surface area contributed by atoms with Gasteiger partial charge in [0.15, 0.2) is 0 Å². The maximum Gasteiger partial charge on any atom is 0.0715 e. The highest BCUT2D eigenvalue weighted by atomic mass is 16.5. The van der Waals surface area contributed by atoms with Gasteiger partial charge in [0.1, 0.15) is 0 Å². The topological polar surface area (TPSA) is 40.7 Å². The van der Waals surface area contributed by atoms with E-state index in [4.69, 9.17) is 9.47 Å². The highest BCUT2D eigenvalue weighted by Gasteiger charge is 2.23. The van der Waals surface area contributed by atoms with Crippen LogP contribution in [0.15, 0.2) is 24.3 Å². The van der Waals surface area contributed by atoms with Crippen molar-refractivity contribution in [1.29, 1.82) is 0 Å². The van der Waals surface area contributed by atoms with Crippen molar-refractivity contribution in [2.45, 2.75) is 45.4 Å². The molecule has 0 unspecified atom stereocenters. The van der Waals surface area contributed by atoms with Crippen molar-refractivity contribution in [3.05, 3.63) is 35.5 Å². The van der Waals surface area contributed by atoms with E-state index in [0.717, 1.165) is 39.2 Å². The highest BCUT2D eigenvalue weighted by Crippen LogP contribution is 2.22. The van der Waals surface area contributed by atoms with E-state index in [0.29, 0.717) is 19.3 Å². The van der Waals surface area contributed by atoms with Gasteiger partial charge in [0, 0.05) is 49.4 Å². The van der Waals surface area contributed by atoms with E-state index < -0.39 is 0 Å². The lowest BCUT2D eigenvalue weighted by Gasteiger charge is -2.16. The molecule has 2 saturated heterocycles. The quantitative estimate of drug-likeness (QED) is 0.686. The van der Waals surface area contributed by atoms with Gasteiger partial charge in [-0.2, -0.15) is 0 Å². The van der Waals surface area contributed by atoms with Gasteiger partial charge in [-0.1, -0.05) is 6.07 Å². The second kappa shape index (κ2) is 9.20. The molecule has 1 aromatic carbocycles. The van der Waals surface area contributed by atoms with E-state index in [2.05, 4.69) is 39.0 Å². The van der Waals surface area contributed by atoms with E-state index in [-0.39, 0.29) is 0 Å². The largest absolute Gasteiger partial charge is 0.379 e. The number of rotatable bonds is 9. The van der Waals surface area contributed by atoms with Crippen LogP contribution in [0.25, 0.3) is 10.9 Å². The molecule has 1 aromatic heterocycles. The summed E-state index contributed by atoms with van der Waals surface area (Å²) >= 11 is 0. The number of ether oxygens (including phenoxy) is 2. The van der Waals surface area contributed by atoms with Gasteiger partial charge < -0.3 is 14.5 Å². The fourth-order valence-electron chi connectivity index (χ4n) is 4.36. The van der Waals surface area contributed by atoms with Crippen molar-refractivity contribution in [2.24, 2.45) is 0 Å². The fourth-order valence-corrected chi connectivity index (χ4v) is 4.36. The second-order valence-electron chi connectivity index (χ2n) is 7.91. The zero-order valence-corrected chi connectivity index (χ0v) is 16.6. The first kappa shape index (κ1) is 18.9. The van der Waals surface area contributed by atoms with Gasteiger partial charge in [-0.25, -0.2) is 0 Å². The summed E-state index contributed by atoms with van der Waals surface area (Å²) < 4.78 is 11.3. The molecule has 27 heavy (non-hydrogen) atoms. The average molecular weight is 372 g/mol. The summed E-state index contributed by atoms with van der Waals surface area (Å²) in [7, 11) is 0. The molecule has 148 valence electrons. The second-order valence-corrected chi connectivity index (χ2v) is 7.91. The van der Waals surface area contributed by atoms with Crippen molar-refractivity contribution in [2.75, 3.05) is 46.0 Å². The van der Waals surface area contributed by atoms with Crippen LogP contribution in [0.3, 0.4) is 0 Å². The summed E-state index contributed by atoms with van der Waals surface area (Å²) in [6.45, 7) is 10.9. The first-order chi connectivity index (χ1) is 13.3. The minimum absolute atomic E-state index is 0.355. The summed E-state index contributed by atoms with van der Waals surface area (Å²) in [5, 5.41) is 1.34. The monoisotopic (exact) mass is 371 g/mol. The maximum absolute atomic E-state index is 5.93. The van der Waals surface area contributed by atoms with Gasteiger partial charge in [-0.3, -0.25) is 9.80 Å². The number of nitrogens with one attached hydrogen (secondary N) is 1. The van der Waals surface area contributed by atoms with Crippen LogP contribution in [0.5, 0.6) is 0 Å². The summed E-state index contributed by atoms with van der Waals surface area (Å²) in [5.41, 5.74) is 3.99. The van der Waals surface area contributed by atoms with Gasteiger partial charge in [0.2, 0.25) is 0 Å². The Hall–Kier alpha value is -1.40. The Kier molecular flexibility index (Phi) is 6.45. The molecule has 2 fully saturated rings. The molecule has 0 radical (unpaired) electrons. The number of likely N-dealkylation sites (tertiary alicyclic amines) is 2. The molecular formula is C22H33N3O2. The Morgan fingerprint density at radius 2 is 1.93 bits per heavy atom. The third-order valence-electron chi connectivity index (χ3n) is 5.75. The Balaban J connectivity index is 1.30. The zero-order valence-electron chi connectivity index (χ0n) is 16.6. The molecular weight excluding hydrogens is 338 g/mol. The number of fused-ring (bicyclic) bond motifs is 1. The lowest BCUT2D eigenvalue weighted by Crippen LogP contribution is -2.24. The molecule has 2 aliphatic rings. The number of aromatic amines is 1. The third-order valence-corrected chi connectivity index (χ3v) is 5.75.